The molecular formula is C21H28N2O2S. The first kappa shape index (κ1) is 20.5. The van der Waals surface area contributed by atoms with Gasteiger partial charge in [-0.2, -0.15) is 0 Å². The zero-order valence-corrected chi connectivity index (χ0v) is 16.2. The summed E-state index contributed by atoms with van der Waals surface area (Å²) in [4.78, 5) is 12.4. The van der Waals surface area contributed by atoms with Crippen molar-refractivity contribution >= 4 is 17.9 Å². The van der Waals surface area contributed by atoms with Crippen molar-refractivity contribution in [3.63, 3.8) is 0 Å². The van der Waals surface area contributed by atoms with Crippen molar-refractivity contribution in [2.45, 2.75) is 26.2 Å². The molecule has 1 aliphatic carbocycles. The van der Waals surface area contributed by atoms with E-state index in [0.717, 1.165) is 37.3 Å². The lowest BCUT2D eigenvalue weighted by atomic mass is 10.1. The molecule has 2 rings (SSSR count). The summed E-state index contributed by atoms with van der Waals surface area (Å²) < 4.78 is 7.93. The maximum absolute atomic E-state index is 11.3. The lowest BCUT2D eigenvalue weighted by Gasteiger charge is -2.06. The third-order valence-electron chi connectivity index (χ3n) is 3.87. The second-order valence-electron chi connectivity index (χ2n) is 5.99. The minimum absolute atomic E-state index is 0.212. The lowest BCUT2D eigenvalue weighted by molar-refractivity contribution is -0.141. The maximum Gasteiger partial charge on any atom is 0.320 e. The summed E-state index contributed by atoms with van der Waals surface area (Å²) in [6, 6.07) is 10.6. The van der Waals surface area contributed by atoms with E-state index in [1.54, 1.807) is 0 Å². The molecule has 0 fully saturated rings. The van der Waals surface area contributed by atoms with E-state index in [-0.39, 0.29) is 12.5 Å². The summed E-state index contributed by atoms with van der Waals surface area (Å²) in [5.41, 5.74) is 2.76. The molecule has 2 N–H and O–H groups in total. The highest BCUT2D eigenvalue weighted by Gasteiger charge is 2.03. The summed E-state index contributed by atoms with van der Waals surface area (Å²) in [6.07, 6.45) is 11.7. The summed E-state index contributed by atoms with van der Waals surface area (Å²) in [5, 5.41) is 3.53. The van der Waals surface area contributed by atoms with Crippen LogP contribution in [0.2, 0.25) is 0 Å². The quantitative estimate of drug-likeness (QED) is 0.352. The van der Waals surface area contributed by atoms with Crippen LogP contribution >= 0.6 is 11.9 Å². The molecule has 0 amide bonds. The Labute approximate surface area is 160 Å². The number of hydrogen-bond acceptors (Lipinski definition) is 5. The molecule has 0 aliphatic heterocycles. The van der Waals surface area contributed by atoms with Gasteiger partial charge < -0.3 is 10.1 Å². The maximum atomic E-state index is 11.3. The average Bonchev–Trinajstić information content (AvgIpc) is 2.88. The molecule has 5 heteroatoms. The number of rotatable bonds is 11. The molecule has 1 aliphatic rings. The lowest BCUT2D eigenvalue weighted by Crippen LogP contribution is -2.19. The third kappa shape index (κ3) is 8.52. The fourth-order valence-corrected chi connectivity index (χ4v) is 3.21. The molecule has 26 heavy (non-hydrogen) atoms. The van der Waals surface area contributed by atoms with Crippen LogP contribution in [-0.4, -0.2) is 32.2 Å². The second-order valence-corrected chi connectivity index (χ2v) is 6.96. The van der Waals surface area contributed by atoms with Crippen LogP contribution in [-0.2, 0) is 16.0 Å². The van der Waals surface area contributed by atoms with Gasteiger partial charge in [0.15, 0.2) is 0 Å². The fourth-order valence-electron chi connectivity index (χ4n) is 2.55. The molecule has 0 aromatic heterocycles. The molecule has 0 saturated carbocycles. The molecular weight excluding hydrogens is 344 g/mol. The summed E-state index contributed by atoms with van der Waals surface area (Å²) in [6.45, 7) is 4.36. The van der Waals surface area contributed by atoms with Crippen LogP contribution in [0.15, 0.2) is 65.1 Å². The normalized spacial score (nSPS) is 13.7. The SMILES string of the molecule is CCOC(=O)CNSC1=CC=C(CNCCCc2ccccc2)CC=C1. The number of esters is 1. The Kier molecular flexibility index (Phi) is 9.87. The molecule has 1 aromatic carbocycles. The van der Waals surface area contributed by atoms with Crippen LogP contribution in [0.5, 0.6) is 0 Å². The van der Waals surface area contributed by atoms with E-state index >= 15 is 0 Å². The Morgan fingerprint density at radius 2 is 2.08 bits per heavy atom. The van der Waals surface area contributed by atoms with Gasteiger partial charge in [-0.05, 0) is 56.3 Å². The summed E-state index contributed by atoms with van der Waals surface area (Å²) >= 11 is 1.45. The number of aryl methyl sites for hydroxylation is 1. The van der Waals surface area contributed by atoms with E-state index in [4.69, 9.17) is 4.74 Å². The van der Waals surface area contributed by atoms with E-state index in [1.165, 1.54) is 23.1 Å². The Bertz CT molecular complexity index is 639. The largest absolute Gasteiger partial charge is 0.465 e. The fraction of sp³-hybridized carbons (Fsp3) is 0.381. The predicted molar refractivity (Wildman–Crippen MR) is 110 cm³/mol. The van der Waals surface area contributed by atoms with E-state index in [0.29, 0.717) is 6.61 Å². The highest BCUT2D eigenvalue weighted by molar-refractivity contribution is 8.01. The molecule has 0 radical (unpaired) electrons. The van der Waals surface area contributed by atoms with Gasteiger partial charge in [0.05, 0.1) is 6.61 Å². The smallest absolute Gasteiger partial charge is 0.320 e. The van der Waals surface area contributed by atoms with Gasteiger partial charge in [-0.3, -0.25) is 4.79 Å². The van der Waals surface area contributed by atoms with Gasteiger partial charge >= 0.3 is 5.97 Å². The molecule has 0 unspecified atom stereocenters. The van der Waals surface area contributed by atoms with Gasteiger partial charge in [-0.1, -0.05) is 54.1 Å². The van der Waals surface area contributed by atoms with Crippen molar-refractivity contribution < 1.29 is 9.53 Å². The Morgan fingerprint density at radius 1 is 1.23 bits per heavy atom. The molecule has 0 heterocycles. The van der Waals surface area contributed by atoms with Gasteiger partial charge in [0.1, 0.15) is 6.54 Å². The van der Waals surface area contributed by atoms with Gasteiger partial charge in [-0.15, -0.1) is 0 Å². The topological polar surface area (TPSA) is 50.4 Å². The van der Waals surface area contributed by atoms with E-state index in [2.05, 4.69) is 64.7 Å². The number of benzene rings is 1. The van der Waals surface area contributed by atoms with Gasteiger partial charge in [0, 0.05) is 11.4 Å². The number of allylic oxidation sites excluding steroid dienone is 4. The second kappa shape index (κ2) is 12.5. The Morgan fingerprint density at radius 3 is 2.88 bits per heavy atom. The zero-order valence-electron chi connectivity index (χ0n) is 15.4. The van der Waals surface area contributed by atoms with Crippen molar-refractivity contribution in [2.24, 2.45) is 0 Å². The third-order valence-corrected chi connectivity index (χ3v) is 4.67. The first-order chi connectivity index (χ1) is 12.8. The number of carbonyl (C=O) groups excluding carboxylic acids is 1. The highest BCUT2D eigenvalue weighted by Crippen LogP contribution is 2.18. The Hall–Kier alpha value is -1.82. The number of hydrogen-bond donors (Lipinski definition) is 2. The van der Waals surface area contributed by atoms with Crippen LogP contribution in [0.25, 0.3) is 0 Å². The van der Waals surface area contributed by atoms with Crippen LogP contribution in [0.4, 0.5) is 0 Å². The first-order valence-electron chi connectivity index (χ1n) is 9.14. The van der Waals surface area contributed by atoms with Gasteiger partial charge in [0.2, 0.25) is 0 Å². The highest BCUT2D eigenvalue weighted by atomic mass is 32.2. The van der Waals surface area contributed by atoms with Crippen molar-refractivity contribution in [2.75, 3.05) is 26.2 Å². The van der Waals surface area contributed by atoms with E-state index in [9.17, 15) is 4.79 Å². The molecule has 1 aromatic rings. The first-order valence-corrected chi connectivity index (χ1v) is 9.96. The minimum Gasteiger partial charge on any atom is -0.465 e. The number of carbonyl (C=O) groups is 1. The molecule has 4 nitrogen and oxygen atoms in total. The molecule has 0 bridgehead atoms. The van der Waals surface area contributed by atoms with E-state index in [1.807, 2.05) is 6.92 Å². The standard InChI is InChI=1S/C21H28N2O2S/c1-2-25-21(24)17-23-26-20-12-6-10-19(13-14-20)16-22-15-7-11-18-8-4-3-5-9-18/h3-6,8-9,12-14,22-23H,2,7,10-11,15-17H2,1H3. The average molecular weight is 373 g/mol. The van der Waals surface area contributed by atoms with Gasteiger partial charge in [-0.25, -0.2) is 4.72 Å². The van der Waals surface area contributed by atoms with Crippen molar-refractivity contribution in [3.8, 4) is 0 Å². The van der Waals surface area contributed by atoms with Crippen LogP contribution in [0.1, 0.15) is 25.3 Å². The van der Waals surface area contributed by atoms with E-state index < -0.39 is 0 Å². The minimum atomic E-state index is -0.228. The molecule has 0 atom stereocenters. The monoisotopic (exact) mass is 372 g/mol. The molecule has 0 saturated heterocycles. The van der Waals surface area contributed by atoms with Crippen LogP contribution in [0, 0.1) is 0 Å². The van der Waals surface area contributed by atoms with Crippen LogP contribution < -0.4 is 10.0 Å². The van der Waals surface area contributed by atoms with Crippen molar-refractivity contribution in [3.05, 3.63) is 70.7 Å². The number of nitrogens with one attached hydrogen (secondary N) is 2. The molecule has 140 valence electrons. The predicted octanol–water partition coefficient (Wildman–Crippen LogP) is 3.78. The van der Waals surface area contributed by atoms with Crippen molar-refractivity contribution in [1.82, 2.24) is 10.0 Å². The Balaban J connectivity index is 1.63. The molecule has 0 spiro atoms. The van der Waals surface area contributed by atoms with Crippen LogP contribution in [0.3, 0.4) is 0 Å². The zero-order chi connectivity index (χ0) is 18.5. The van der Waals surface area contributed by atoms with Gasteiger partial charge in [0.25, 0.3) is 0 Å². The summed E-state index contributed by atoms with van der Waals surface area (Å²) in [7, 11) is 0. The van der Waals surface area contributed by atoms with Crippen molar-refractivity contribution in [1.29, 1.82) is 0 Å². The summed E-state index contributed by atoms with van der Waals surface area (Å²) in [5.74, 6) is -0.228. The number of ether oxygens (including phenoxy) is 1.